The molecule has 2 fully saturated rings. The van der Waals surface area contributed by atoms with Gasteiger partial charge < -0.3 is 10.2 Å². The first kappa shape index (κ1) is 18.5. The third-order valence-corrected chi connectivity index (χ3v) is 6.82. The second kappa shape index (κ2) is 7.94. The van der Waals surface area contributed by atoms with Gasteiger partial charge in [-0.15, -0.1) is 0 Å². The number of anilines is 1. The zero-order chi connectivity index (χ0) is 17.9. The van der Waals surface area contributed by atoms with E-state index in [0.29, 0.717) is 32.7 Å². The maximum atomic E-state index is 12.9. The Kier molecular flexibility index (Phi) is 5.88. The second-order valence-corrected chi connectivity index (χ2v) is 8.94. The molecule has 0 aliphatic carbocycles. The lowest BCUT2D eigenvalue weighted by Crippen LogP contribution is -2.45. The number of nitrogens with zero attached hydrogens (tertiary/aromatic N) is 5. The van der Waals surface area contributed by atoms with Crippen molar-refractivity contribution in [3.05, 3.63) is 18.1 Å². The molecule has 0 saturated carbocycles. The molecule has 8 nitrogen and oxygen atoms in total. The fraction of sp³-hybridized carbons (Fsp3) is 0.750. The minimum atomic E-state index is -3.35. The largest absolute Gasteiger partial charge is 0.363 e. The van der Waals surface area contributed by atoms with Crippen LogP contribution in [0.15, 0.2) is 12.4 Å². The Hall–Kier alpha value is -1.29. The van der Waals surface area contributed by atoms with E-state index in [1.54, 1.807) is 14.9 Å². The number of hydrogen-bond acceptors (Lipinski definition) is 6. The van der Waals surface area contributed by atoms with Gasteiger partial charge in [-0.2, -0.15) is 17.0 Å². The van der Waals surface area contributed by atoms with E-state index < -0.39 is 10.2 Å². The summed E-state index contributed by atoms with van der Waals surface area (Å²) in [6.45, 7) is 3.85. The molecule has 1 aromatic heterocycles. The van der Waals surface area contributed by atoms with E-state index in [-0.39, 0.29) is 5.92 Å². The Balaban J connectivity index is 1.70. The molecule has 0 aromatic carbocycles. The SMILES string of the molecule is CN(C)c1cc(C[C@H]2CNCCN(S(=O)(=O)N3CCCC3)C2)ncn1. The Morgan fingerprint density at radius 3 is 2.68 bits per heavy atom. The van der Waals surface area contributed by atoms with E-state index in [1.807, 2.05) is 25.1 Å². The summed E-state index contributed by atoms with van der Waals surface area (Å²) in [6.07, 6.45) is 4.24. The highest BCUT2D eigenvalue weighted by molar-refractivity contribution is 7.86. The van der Waals surface area contributed by atoms with E-state index in [4.69, 9.17) is 0 Å². The summed E-state index contributed by atoms with van der Waals surface area (Å²) in [5.41, 5.74) is 0.950. The first-order chi connectivity index (χ1) is 12.0. The summed E-state index contributed by atoms with van der Waals surface area (Å²) in [5, 5.41) is 3.37. The summed E-state index contributed by atoms with van der Waals surface area (Å²) in [5.74, 6) is 1.07. The van der Waals surface area contributed by atoms with Crippen LogP contribution < -0.4 is 10.2 Å². The van der Waals surface area contributed by atoms with Crippen LogP contribution in [0.5, 0.6) is 0 Å². The number of nitrogens with one attached hydrogen (secondary N) is 1. The topological polar surface area (TPSA) is 81.7 Å². The highest BCUT2D eigenvalue weighted by Crippen LogP contribution is 2.20. The molecule has 9 heteroatoms. The van der Waals surface area contributed by atoms with Crippen molar-refractivity contribution in [2.75, 3.05) is 58.3 Å². The molecule has 0 amide bonds. The lowest BCUT2D eigenvalue weighted by Gasteiger charge is -2.28. The zero-order valence-corrected chi connectivity index (χ0v) is 15.9. The van der Waals surface area contributed by atoms with Gasteiger partial charge in [0.2, 0.25) is 0 Å². The summed E-state index contributed by atoms with van der Waals surface area (Å²) >= 11 is 0. The van der Waals surface area contributed by atoms with Crippen molar-refractivity contribution < 1.29 is 8.42 Å². The van der Waals surface area contributed by atoms with Crippen molar-refractivity contribution in [2.24, 2.45) is 5.92 Å². The molecule has 0 unspecified atom stereocenters. The smallest absolute Gasteiger partial charge is 0.282 e. The third-order valence-electron chi connectivity index (χ3n) is 4.82. The summed E-state index contributed by atoms with van der Waals surface area (Å²) < 4.78 is 29.0. The second-order valence-electron chi connectivity index (χ2n) is 7.01. The molecule has 0 bridgehead atoms. The molecular weight excluding hydrogens is 340 g/mol. The molecule has 1 N–H and O–H groups in total. The normalized spacial score (nSPS) is 23.5. The van der Waals surface area contributed by atoms with Gasteiger partial charge in [0, 0.05) is 58.6 Å². The van der Waals surface area contributed by atoms with Crippen LogP contribution >= 0.6 is 0 Å². The molecule has 2 saturated heterocycles. The molecule has 3 heterocycles. The zero-order valence-electron chi connectivity index (χ0n) is 15.1. The van der Waals surface area contributed by atoms with Crippen LogP contribution in [0.1, 0.15) is 18.5 Å². The molecule has 25 heavy (non-hydrogen) atoms. The van der Waals surface area contributed by atoms with E-state index in [0.717, 1.165) is 37.3 Å². The van der Waals surface area contributed by atoms with E-state index in [9.17, 15) is 8.42 Å². The molecule has 1 atom stereocenters. The van der Waals surface area contributed by atoms with Gasteiger partial charge in [-0.3, -0.25) is 0 Å². The Bertz CT molecular complexity index is 675. The van der Waals surface area contributed by atoms with Crippen LogP contribution in [-0.4, -0.2) is 80.4 Å². The number of aromatic nitrogens is 2. The van der Waals surface area contributed by atoms with Crippen molar-refractivity contribution in [1.82, 2.24) is 23.9 Å². The number of hydrogen-bond donors (Lipinski definition) is 1. The Morgan fingerprint density at radius 1 is 1.20 bits per heavy atom. The molecule has 1 aromatic rings. The fourth-order valence-electron chi connectivity index (χ4n) is 3.42. The molecule has 2 aliphatic heterocycles. The summed E-state index contributed by atoms with van der Waals surface area (Å²) in [7, 11) is 0.550. The lowest BCUT2D eigenvalue weighted by atomic mass is 10.0. The Labute approximate surface area is 150 Å². The highest BCUT2D eigenvalue weighted by Gasteiger charge is 2.34. The van der Waals surface area contributed by atoms with Gasteiger partial charge in [0.15, 0.2) is 0 Å². The van der Waals surface area contributed by atoms with Crippen LogP contribution in [0, 0.1) is 5.92 Å². The average molecular weight is 369 g/mol. The fourth-order valence-corrected chi connectivity index (χ4v) is 5.19. The molecule has 140 valence electrons. The average Bonchev–Trinajstić information content (AvgIpc) is 3.03. The predicted octanol–water partition coefficient (Wildman–Crippen LogP) is -0.0529. The van der Waals surface area contributed by atoms with Crippen LogP contribution in [0.3, 0.4) is 0 Å². The van der Waals surface area contributed by atoms with Gasteiger partial charge >= 0.3 is 0 Å². The molecular formula is C16H28N6O2S. The lowest BCUT2D eigenvalue weighted by molar-refractivity contribution is 0.338. The van der Waals surface area contributed by atoms with Gasteiger partial charge in [0.1, 0.15) is 12.1 Å². The van der Waals surface area contributed by atoms with E-state index in [2.05, 4.69) is 15.3 Å². The van der Waals surface area contributed by atoms with E-state index in [1.165, 1.54) is 0 Å². The van der Waals surface area contributed by atoms with Crippen LogP contribution in [0.25, 0.3) is 0 Å². The predicted molar refractivity (Wildman–Crippen MR) is 97.7 cm³/mol. The highest BCUT2D eigenvalue weighted by atomic mass is 32.2. The molecule has 0 spiro atoms. The van der Waals surface area contributed by atoms with Gasteiger partial charge in [-0.1, -0.05) is 0 Å². The van der Waals surface area contributed by atoms with Gasteiger partial charge in [0.25, 0.3) is 10.2 Å². The monoisotopic (exact) mass is 368 g/mol. The molecule has 0 radical (unpaired) electrons. The summed E-state index contributed by atoms with van der Waals surface area (Å²) in [4.78, 5) is 10.6. The first-order valence-electron chi connectivity index (χ1n) is 8.91. The quantitative estimate of drug-likeness (QED) is 0.785. The molecule has 2 aliphatic rings. The third kappa shape index (κ3) is 4.46. The van der Waals surface area contributed by atoms with Crippen LogP contribution in [0.4, 0.5) is 5.82 Å². The summed E-state index contributed by atoms with van der Waals surface area (Å²) in [6, 6.07) is 1.98. The minimum absolute atomic E-state index is 0.199. The van der Waals surface area contributed by atoms with Crippen molar-refractivity contribution >= 4 is 16.0 Å². The van der Waals surface area contributed by atoms with Crippen molar-refractivity contribution in [3.8, 4) is 0 Å². The first-order valence-corrected chi connectivity index (χ1v) is 10.3. The van der Waals surface area contributed by atoms with Gasteiger partial charge in [0.05, 0.1) is 0 Å². The maximum Gasteiger partial charge on any atom is 0.282 e. The van der Waals surface area contributed by atoms with Crippen LogP contribution in [-0.2, 0) is 16.6 Å². The van der Waals surface area contributed by atoms with Crippen molar-refractivity contribution in [3.63, 3.8) is 0 Å². The van der Waals surface area contributed by atoms with Crippen molar-refractivity contribution in [2.45, 2.75) is 19.3 Å². The van der Waals surface area contributed by atoms with Crippen LogP contribution in [0.2, 0.25) is 0 Å². The minimum Gasteiger partial charge on any atom is -0.363 e. The van der Waals surface area contributed by atoms with E-state index >= 15 is 0 Å². The van der Waals surface area contributed by atoms with Gasteiger partial charge in [-0.05, 0) is 31.7 Å². The standard InChI is InChI=1S/C16H28N6O2S/c1-20(2)16-10-15(18-13-19-16)9-14-11-17-5-8-22(12-14)25(23,24)21-6-3-4-7-21/h10,13-14,17H,3-9,11-12H2,1-2H3/t14-/m0/s1. The number of rotatable bonds is 5. The maximum absolute atomic E-state index is 12.9. The van der Waals surface area contributed by atoms with Gasteiger partial charge in [-0.25, -0.2) is 9.97 Å². The van der Waals surface area contributed by atoms with Crippen molar-refractivity contribution in [1.29, 1.82) is 0 Å². The Morgan fingerprint density at radius 2 is 1.96 bits per heavy atom. The molecule has 3 rings (SSSR count).